The molecule has 0 bridgehead atoms. The van der Waals surface area contributed by atoms with E-state index >= 15 is 0 Å². The van der Waals surface area contributed by atoms with Gasteiger partial charge >= 0.3 is 0 Å². The molecule has 1 heterocycles. The monoisotopic (exact) mass is 249 g/mol. The lowest BCUT2D eigenvalue weighted by atomic mass is 10.0. The van der Waals surface area contributed by atoms with Gasteiger partial charge in [0.1, 0.15) is 5.75 Å². The van der Waals surface area contributed by atoms with Gasteiger partial charge in [-0.05, 0) is 32.4 Å². The van der Waals surface area contributed by atoms with E-state index in [0.717, 1.165) is 6.42 Å². The van der Waals surface area contributed by atoms with E-state index in [1.165, 1.54) is 0 Å². The number of hydrogen-bond acceptors (Lipinski definition) is 3. The topological polar surface area (TPSA) is 49.8 Å². The molecule has 0 radical (unpaired) electrons. The van der Waals surface area contributed by atoms with Crippen LogP contribution in [0.4, 0.5) is 0 Å². The molecule has 98 valence electrons. The summed E-state index contributed by atoms with van der Waals surface area (Å²) < 4.78 is 5.48. The number of amides is 1. The fourth-order valence-electron chi connectivity index (χ4n) is 2.42. The number of ether oxygens (including phenoxy) is 1. The molecule has 0 aliphatic carbocycles. The molecule has 2 unspecified atom stereocenters. The quantitative estimate of drug-likeness (QED) is 0.871. The van der Waals surface area contributed by atoms with Crippen molar-refractivity contribution in [1.82, 2.24) is 4.90 Å². The van der Waals surface area contributed by atoms with Crippen molar-refractivity contribution in [3.05, 3.63) is 29.3 Å². The molecule has 0 saturated carbocycles. The predicted molar refractivity (Wildman–Crippen MR) is 68.8 cm³/mol. The number of nitrogens with zero attached hydrogens (tertiary/aromatic N) is 1. The second-order valence-corrected chi connectivity index (χ2v) is 4.80. The van der Waals surface area contributed by atoms with E-state index in [9.17, 15) is 9.90 Å². The largest absolute Gasteiger partial charge is 0.508 e. The SMILES string of the molecule is Cc1c(O)cccc1C(=O)N(C)C1CCOC1C. The Balaban J connectivity index is 2.23. The van der Waals surface area contributed by atoms with E-state index in [1.54, 1.807) is 37.1 Å². The van der Waals surface area contributed by atoms with E-state index < -0.39 is 0 Å². The molecule has 1 N–H and O–H groups in total. The van der Waals surface area contributed by atoms with E-state index in [2.05, 4.69) is 0 Å². The number of carbonyl (C=O) groups is 1. The lowest BCUT2D eigenvalue weighted by molar-refractivity contribution is 0.0573. The van der Waals surface area contributed by atoms with Crippen LogP contribution in [0.25, 0.3) is 0 Å². The summed E-state index contributed by atoms with van der Waals surface area (Å²) in [6, 6.07) is 5.14. The molecule has 1 aromatic carbocycles. The van der Waals surface area contributed by atoms with Crippen molar-refractivity contribution in [2.24, 2.45) is 0 Å². The third-order valence-electron chi connectivity index (χ3n) is 3.69. The first-order chi connectivity index (χ1) is 8.52. The van der Waals surface area contributed by atoms with E-state index in [0.29, 0.717) is 17.7 Å². The maximum Gasteiger partial charge on any atom is 0.254 e. The molecule has 4 heteroatoms. The van der Waals surface area contributed by atoms with Crippen molar-refractivity contribution in [2.75, 3.05) is 13.7 Å². The number of carbonyl (C=O) groups excluding carboxylic acids is 1. The van der Waals surface area contributed by atoms with Crippen molar-refractivity contribution < 1.29 is 14.6 Å². The summed E-state index contributed by atoms with van der Waals surface area (Å²) in [5, 5.41) is 9.65. The fourth-order valence-corrected chi connectivity index (χ4v) is 2.42. The average molecular weight is 249 g/mol. The standard InChI is InChI=1S/C14H19NO3/c1-9-11(5-4-6-13(9)16)14(17)15(3)12-7-8-18-10(12)2/h4-6,10,12,16H,7-8H2,1-3H3. The van der Waals surface area contributed by atoms with Crippen LogP contribution in [0.15, 0.2) is 18.2 Å². The van der Waals surface area contributed by atoms with Gasteiger partial charge in [0.2, 0.25) is 0 Å². The highest BCUT2D eigenvalue weighted by Gasteiger charge is 2.31. The Hall–Kier alpha value is -1.55. The molecule has 1 aliphatic heterocycles. The zero-order valence-electron chi connectivity index (χ0n) is 11.0. The van der Waals surface area contributed by atoms with Gasteiger partial charge in [0.15, 0.2) is 0 Å². The molecule has 2 atom stereocenters. The maximum absolute atomic E-state index is 12.4. The lowest BCUT2D eigenvalue weighted by Crippen LogP contribution is -2.41. The summed E-state index contributed by atoms with van der Waals surface area (Å²) in [4.78, 5) is 14.1. The number of rotatable bonds is 2. The van der Waals surface area contributed by atoms with Gasteiger partial charge < -0.3 is 14.7 Å². The molecule has 1 aromatic rings. The van der Waals surface area contributed by atoms with Crippen molar-refractivity contribution in [3.63, 3.8) is 0 Å². The minimum absolute atomic E-state index is 0.0641. The number of phenolic OH excluding ortho intramolecular Hbond substituents is 1. The van der Waals surface area contributed by atoms with Crippen LogP contribution in [0, 0.1) is 6.92 Å². The van der Waals surface area contributed by atoms with Gasteiger partial charge in [0, 0.05) is 24.8 Å². The second kappa shape index (κ2) is 4.98. The summed E-state index contributed by atoms with van der Waals surface area (Å²) in [7, 11) is 1.79. The molecule has 0 spiro atoms. The van der Waals surface area contributed by atoms with Crippen molar-refractivity contribution in [3.8, 4) is 5.75 Å². The number of phenols is 1. The van der Waals surface area contributed by atoms with Gasteiger partial charge in [-0.1, -0.05) is 6.07 Å². The number of likely N-dealkylation sites (N-methyl/N-ethyl adjacent to an activating group) is 1. The highest BCUT2D eigenvalue weighted by atomic mass is 16.5. The van der Waals surface area contributed by atoms with Crippen LogP contribution in [0.2, 0.25) is 0 Å². The Labute approximate surface area is 107 Å². The molecule has 18 heavy (non-hydrogen) atoms. The Morgan fingerprint density at radius 3 is 2.83 bits per heavy atom. The Morgan fingerprint density at radius 1 is 1.50 bits per heavy atom. The molecule has 1 fully saturated rings. The smallest absolute Gasteiger partial charge is 0.254 e. The first kappa shape index (κ1) is 12.9. The normalized spacial score (nSPS) is 23.1. The van der Waals surface area contributed by atoms with Gasteiger partial charge in [-0.25, -0.2) is 0 Å². The average Bonchev–Trinajstić information content (AvgIpc) is 2.77. The van der Waals surface area contributed by atoms with Crippen LogP contribution < -0.4 is 0 Å². The van der Waals surface area contributed by atoms with Crippen LogP contribution in [-0.4, -0.2) is 41.7 Å². The molecular formula is C14H19NO3. The van der Waals surface area contributed by atoms with Crippen molar-refractivity contribution in [1.29, 1.82) is 0 Å². The molecule has 4 nitrogen and oxygen atoms in total. The summed E-state index contributed by atoms with van der Waals surface area (Å²) >= 11 is 0. The third kappa shape index (κ3) is 2.20. The van der Waals surface area contributed by atoms with Gasteiger partial charge in [-0.2, -0.15) is 0 Å². The summed E-state index contributed by atoms with van der Waals surface area (Å²) in [6.45, 7) is 4.43. The molecule has 0 aromatic heterocycles. The maximum atomic E-state index is 12.4. The van der Waals surface area contributed by atoms with Crippen molar-refractivity contribution >= 4 is 5.91 Å². The van der Waals surface area contributed by atoms with E-state index in [4.69, 9.17) is 4.74 Å². The molecule has 1 aliphatic rings. The molecular weight excluding hydrogens is 230 g/mol. The van der Waals surface area contributed by atoms with Crippen LogP contribution in [0.1, 0.15) is 29.3 Å². The van der Waals surface area contributed by atoms with Gasteiger partial charge in [-0.3, -0.25) is 4.79 Å². The minimum atomic E-state index is -0.0641. The molecule has 2 rings (SSSR count). The van der Waals surface area contributed by atoms with Crippen LogP contribution in [0.3, 0.4) is 0 Å². The number of hydrogen-bond donors (Lipinski definition) is 1. The van der Waals surface area contributed by atoms with Crippen LogP contribution in [0.5, 0.6) is 5.75 Å². The molecule has 1 saturated heterocycles. The highest BCUT2D eigenvalue weighted by molar-refractivity contribution is 5.96. The minimum Gasteiger partial charge on any atom is -0.508 e. The number of aromatic hydroxyl groups is 1. The zero-order valence-corrected chi connectivity index (χ0v) is 11.0. The van der Waals surface area contributed by atoms with Crippen LogP contribution >= 0.6 is 0 Å². The summed E-state index contributed by atoms with van der Waals surface area (Å²) in [6.07, 6.45) is 0.929. The van der Waals surface area contributed by atoms with E-state index in [1.807, 2.05) is 6.92 Å². The third-order valence-corrected chi connectivity index (χ3v) is 3.69. The zero-order chi connectivity index (χ0) is 13.3. The Bertz CT molecular complexity index is 458. The van der Waals surface area contributed by atoms with Crippen LogP contribution in [-0.2, 0) is 4.74 Å². The predicted octanol–water partition coefficient (Wildman–Crippen LogP) is 1.95. The first-order valence-corrected chi connectivity index (χ1v) is 6.19. The highest BCUT2D eigenvalue weighted by Crippen LogP contribution is 2.24. The van der Waals surface area contributed by atoms with Gasteiger partial charge in [0.25, 0.3) is 5.91 Å². The van der Waals surface area contributed by atoms with E-state index in [-0.39, 0.29) is 23.8 Å². The lowest BCUT2D eigenvalue weighted by Gasteiger charge is -2.27. The first-order valence-electron chi connectivity index (χ1n) is 6.19. The Morgan fingerprint density at radius 2 is 2.22 bits per heavy atom. The number of benzene rings is 1. The Kier molecular flexibility index (Phi) is 3.57. The summed E-state index contributed by atoms with van der Waals surface area (Å²) in [5.41, 5.74) is 1.18. The van der Waals surface area contributed by atoms with Gasteiger partial charge in [-0.15, -0.1) is 0 Å². The molecule has 1 amide bonds. The second-order valence-electron chi connectivity index (χ2n) is 4.80. The summed E-state index contributed by atoms with van der Waals surface area (Å²) in [5.74, 6) is 0.0933. The van der Waals surface area contributed by atoms with Gasteiger partial charge in [0.05, 0.1) is 12.1 Å². The fraction of sp³-hybridized carbons (Fsp3) is 0.500. The van der Waals surface area contributed by atoms with Crippen molar-refractivity contribution in [2.45, 2.75) is 32.4 Å².